The minimum absolute atomic E-state index is 0.537. The summed E-state index contributed by atoms with van der Waals surface area (Å²) >= 11 is 0. The molecule has 0 spiro atoms. The molecule has 0 unspecified atom stereocenters. The summed E-state index contributed by atoms with van der Waals surface area (Å²) in [5.41, 5.74) is 0.767. The lowest BCUT2D eigenvalue weighted by Crippen LogP contribution is -2.34. The first kappa shape index (κ1) is 18.1. The topological polar surface area (TPSA) is 68.7 Å². The lowest BCUT2D eigenvalue weighted by Gasteiger charge is -2.31. The van der Waals surface area contributed by atoms with Crippen LogP contribution < -0.4 is 24.4 Å². The average Bonchev–Trinajstić information content (AvgIpc) is 2.67. The van der Waals surface area contributed by atoms with Gasteiger partial charge in [-0.25, -0.2) is 4.98 Å². The van der Waals surface area contributed by atoms with Gasteiger partial charge in [0.2, 0.25) is 11.7 Å². The Labute approximate surface area is 154 Å². The molecule has 1 aromatic heterocycles. The van der Waals surface area contributed by atoms with Crippen molar-refractivity contribution in [1.29, 1.82) is 0 Å². The van der Waals surface area contributed by atoms with E-state index in [0.717, 1.165) is 24.6 Å². The summed E-state index contributed by atoms with van der Waals surface area (Å²) in [7, 11) is 4.77. The molecule has 3 rings (SSSR count). The maximum absolute atomic E-state index is 5.39. The molecule has 1 atom stereocenters. The molecule has 0 aliphatic carbocycles. The zero-order valence-electron chi connectivity index (χ0n) is 15.8. The molecule has 1 N–H and O–H groups in total. The number of rotatable bonds is 6. The van der Waals surface area contributed by atoms with E-state index in [-0.39, 0.29) is 0 Å². The Hall–Kier alpha value is -2.70. The maximum atomic E-state index is 5.39. The predicted molar refractivity (Wildman–Crippen MR) is 102 cm³/mol. The van der Waals surface area contributed by atoms with Crippen LogP contribution in [-0.4, -0.2) is 44.4 Å². The Morgan fingerprint density at radius 3 is 2.46 bits per heavy atom. The molecule has 7 nitrogen and oxygen atoms in total. The van der Waals surface area contributed by atoms with Crippen molar-refractivity contribution in [3.8, 4) is 17.2 Å². The summed E-state index contributed by atoms with van der Waals surface area (Å²) in [4.78, 5) is 11.3. The number of nitrogens with one attached hydrogen (secondary N) is 1. The highest BCUT2D eigenvalue weighted by Gasteiger charge is 2.18. The molecule has 0 bridgehead atoms. The second-order valence-corrected chi connectivity index (χ2v) is 6.47. The predicted octanol–water partition coefficient (Wildman–Crippen LogP) is 3.48. The summed E-state index contributed by atoms with van der Waals surface area (Å²) in [5.74, 6) is 3.88. The van der Waals surface area contributed by atoms with E-state index in [1.54, 1.807) is 27.5 Å². The third-order valence-corrected chi connectivity index (χ3v) is 4.54. The molecule has 140 valence electrons. The van der Waals surface area contributed by atoms with Crippen LogP contribution in [0.4, 0.5) is 17.5 Å². The van der Waals surface area contributed by atoms with Crippen molar-refractivity contribution in [3.63, 3.8) is 0 Å². The number of anilines is 3. The minimum Gasteiger partial charge on any atom is -0.493 e. The number of hydrogen-bond donors (Lipinski definition) is 1. The van der Waals surface area contributed by atoms with E-state index in [0.29, 0.717) is 29.1 Å². The third-order valence-electron chi connectivity index (χ3n) is 4.54. The number of methoxy groups -OCH3 is 3. The van der Waals surface area contributed by atoms with E-state index < -0.39 is 0 Å². The third kappa shape index (κ3) is 3.92. The van der Waals surface area contributed by atoms with Crippen LogP contribution in [0, 0.1) is 5.92 Å². The van der Waals surface area contributed by atoms with Crippen LogP contribution in [0.25, 0.3) is 0 Å². The van der Waals surface area contributed by atoms with Crippen molar-refractivity contribution in [2.75, 3.05) is 44.6 Å². The number of nitrogens with zero attached hydrogens (tertiary/aromatic N) is 3. The quantitative estimate of drug-likeness (QED) is 0.848. The van der Waals surface area contributed by atoms with E-state index in [4.69, 9.17) is 14.2 Å². The summed E-state index contributed by atoms with van der Waals surface area (Å²) in [5, 5.41) is 3.23. The molecule has 1 saturated heterocycles. The van der Waals surface area contributed by atoms with Gasteiger partial charge in [0.15, 0.2) is 11.5 Å². The fourth-order valence-corrected chi connectivity index (χ4v) is 3.27. The highest BCUT2D eigenvalue weighted by Crippen LogP contribution is 2.40. The SMILES string of the molecule is COc1cc(Nc2nccc(N3CCC[C@H](C)C3)n2)cc(OC)c1OC. The summed E-state index contributed by atoms with van der Waals surface area (Å²) in [6, 6.07) is 5.62. The summed E-state index contributed by atoms with van der Waals surface area (Å²) < 4.78 is 16.1. The van der Waals surface area contributed by atoms with Crippen molar-refractivity contribution in [3.05, 3.63) is 24.4 Å². The summed E-state index contributed by atoms with van der Waals surface area (Å²) in [6.45, 7) is 4.34. The zero-order chi connectivity index (χ0) is 18.5. The van der Waals surface area contributed by atoms with Crippen LogP contribution >= 0.6 is 0 Å². The Morgan fingerprint density at radius 2 is 1.85 bits per heavy atom. The van der Waals surface area contributed by atoms with Gasteiger partial charge in [-0.05, 0) is 24.8 Å². The first-order chi connectivity index (χ1) is 12.6. The average molecular weight is 358 g/mol. The first-order valence-electron chi connectivity index (χ1n) is 8.79. The molecule has 1 fully saturated rings. The minimum atomic E-state index is 0.537. The van der Waals surface area contributed by atoms with Crippen LogP contribution in [0.3, 0.4) is 0 Å². The standard InChI is InChI=1S/C19H26N4O3/c1-13-6-5-9-23(12-13)17-7-8-20-19(22-17)21-14-10-15(24-2)18(26-4)16(11-14)25-3/h7-8,10-11,13H,5-6,9,12H2,1-4H3,(H,20,21,22)/t13-/m0/s1. The fourth-order valence-electron chi connectivity index (χ4n) is 3.27. The van der Waals surface area contributed by atoms with Gasteiger partial charge in [0.1, 0.15) is 5.82 Å². The van der Waals surface area contributed by atoms with E-state index in [1.165, 1.54) is 12.8 Å². The highest BCUT2D eigenvalue weighted by atomic mass is 16.5. The smallest absolute Gasteiger partial charge is 0.229 e. The van der Waals surface area contributed by atoms with Gasteiger partial charge in [-0.1, -0.05) is 6.92 Å². The maximum Gasteiger partial charge on any atom is 0.229 e. The van der Waals surface area contributed by atoms with Crippen molar-refractivity contribution in [2.45, 2.75) is 19.8 Å². The molecule has 1 aliphatic rings. The van der Waals surface area contributed by atoms with Crippen LogP contribution in [0.1, 0.15) is 19.8 Å². The fraction of sp³-hybridized carbons (Fsp3) is 0.474. The van der Waals surface area contributed by atoms with E-state index >= 15 is 0 Å². The number of ether oxygens (including phenoxy) is 3. The van der Waals surface area contributed by atoms with Gasteiger partial charge in [0.05, 0.1) is 21.3 Å². The monoisotopic (exact) mass is 358 g/mol. The molecule has 0 radical (unpaired) electrons. The van der Waals surface area contributed by atoms with E-state index in [9.17, 15) is 0 Å². The van der Waals surface area contributed by atoms with Gasteiger partial charge in [-0.3, -0.25) is 0 Å². The van der Waals surface area contributed by atoms with Crippen LogP contribution in [0.5, 0.6) is 17.2 Å². The van der Waals surface area contributed by atoms with Crippen LogP contribution in [-0.2, 0) is 0 Å². The molecule has 26 heavy (non-hydrogen) atoms. The number of aromatic nitrogens is 2. The second kappa shape index (κ2) is 8.12. The molecule has 1 aliphatic heterocycles. The highest BCUT2D eigenvalue weighted by molar-refractivity contribution is 5.66. The number of piperidine rings is 1. The normalized spacial score (nSPS) is 16.9. The first-order valence-corrected chi connectivity index (χ1v) is 8.79. The molecule has 7 heteroatoms. The Bertz CT molecular complexity index is 728. The molecule has 2 heterocycles. The largest absolute Gasteiger partial charge is 0.493 e. The van der Waals surface area contributed by atoms with Gasteiger partial charge >= 0.3 is 0 Å². The van der Waals surface area contributed by atoms with Gasteiger partial charge in [0.25, 0.3) is 0 Å². The molecule has 2 aromatic rings. The van der Waals surface area contributed by atoms with Gasteiger partial charge in [-0.15, -0.1) is 0 Å². The van der Waals surface area contributed by atoms with Crippen molar-refractivity contribution < 1.29 is 14.2 Å². The molecule has 0 saturated carbocycles. The molecular formula is C19H26N4O3. The Morgan fingerprint density at radius 1 is 1.12 bits per heavy atom. The number of hydrogen-bond acceptors (Lipinski definition) is 7. The van der Waals surface area contributed by atoms with Gasteiger partial charge < -0.3 is 24.4 Å². The Balaban J connectivity index is 1.84. The van der Waals surface area contributed by atoms with Crippen LogP contribution in [0.15, 0.2) is 24.4 Å². The Kier molecular flexibility index (Phi) is 5.65. The van der Waals surface area contributed by atoms with Gasteiger partial charge in [-0.2, -0.15) is 4.98 Å². The van der Waals surface area contributed by atoms with E-state index in [2.05, 4.69) is 27.1 Å². The van der Waals surface area contributed by atoms with Crippen molar-refractivity contribution in [2.24, 2.45) is 5.92 Å². The molecule has 1 aromatic carbocycles. The summed E-state index contributed by atoms with van der Waals surface area (Å²) in [6.07, 6.45) is 4.25. The van der Waals surface area contributed by atoms with Crippen molar-refractivity contribution in [1.82, 2.24) is 9.97 Å². The lowest BCUT2D eigenvalue weighted by molar-refractivity contribution is 0.324. The zero-order valence-corrected chi connectivity index (χ0v) is 15.8. The van der Waals surface area contributed by atoms with E-state index in [1.807, 2.05) is 18.2 Å². The van der Waals surface area contributed by atoms with Crippen molar-refractivity contribution >= 4 is 17.5 Å². The van der Waals surface area contributed by atoms with Gasteiger partial charge in [0, 0.05) is 37.1 Å². The van der Waals surface area contributed by atoms with Crippen LogP contribution in [0.2, 0.25) is 0 Å². The number of benzene rings is 1. The lowest BCUT2D eigenvalue weighted by atomic mass is 10.0. The molecular weight excluding hydrogens is 332 g/mol. The second-order valence-electron chi connectivity index (χ2n) is 6.47. The molecule has 0 amide bonds.